The molecule has 0 atom stereocenters. The molecule has 0 bridgehead atoms. The minimum absolute atomic E-state index is 0.477. The van der Waals surface area contributed by atoms with E-state index in [9.17, 15) is 0 Å². The molecule has 3 rings (SSSR count). The van der Waals surface area contributed by atoms with Gasteiger partial charge in [-0.2, -0.15) is 0 Å². The minimum atomic E-state index is 0.477. The highest BCUT2D eigenvalue weighted by molar-refractivity contribution is 7.80. The van der Waals surface area contributed by atoms with Crippen LogP contribution in [-0.4, -0.2) is 49.3 Å². The van der Waals surface area contributed by atoms with Gasteiger partial charge in [0, 0.05) is 31.2 Å². The standard InChI is InChI=1S/C20H23ClN2O2S/c21-17-7-5-16(6-8-17)15-25-19-4-2-1-3-18(19)20(26)22-9-10-23-11-13-24-14-12-23/h1-8H,9-15H2,(H,22,26). The van der Waals surface area contributed by atoms with Crippen LogP contribution >= 0.6 is 23.8 Å². The summed E-state index contributed by atoms with van der Waals surface area (Å²) >= 11 is 11.5. The first kappa shape index (κ1) is 19.1. The summed E-state index contributed by atoms with van der Waals surface area (Å²) in [5, 5.41) is 4.07. The summed E-state index contributed by atoms with van der Waals surface area (Å²) in [6, 6.07) is 15.5. The van der Waals surface area contributed by atoms with Crippen molar-refractivity contribution in [3.63, 3.8) is 0 Å². The van der Waals surface area contributed by atoms with Gasteiger partial charge >= 0.3 is 0 Å². The molecule has 0 saturated carbocycles. The van der Waals surface area contributed by atoms with Crippen molar-refractivity contribution in [2.75, 3.05) is 39.4 Å². The van der Waals surface area contributed by atoms with Gasteiger partial charge in [-0.1, -0.05) is 48.1 Å². The van der Waals surface area contributed by atoms with E-state index >= 15 is 0 Å². The second-order valence-corrected chi connectivity index (χ2v) is 6.97. The number of morpholine rings is 1. The Morgan fingerprint density at radius 3 is 2.62 bits per heavy atom. The van der Waals surface area contributed by atoms with Gasteiger partial charge in [0.05, 0.1) is 18.8 Å². The topological polar surface area (TPSA) is 33.7 Å². The van der Waals surface area contributed by atoms with E-state index in [0.29, 0.717) is 11.6 Å². The predicted octanol–water partition coefficient (Wildman–Crippen LogP) is 3.52. The molecule has 0 unspecified atom stereocenters. The van der Waals surface area contributed by atoms with Crippen molar-refractivity contribution in [2.24, 2.45) is 0 Å². The van der Waals surface area contributed by atoms with E-state index in [-0.39, 0.29) is 0 Å². The van der Waals surface area contributed by atoms with Crippen LogP contribution in [0.15, 0.2) is 48.5 Å². The third-order valence-corrected chi connectivity index (χ3v) is 4.87. The molecular formula is C20H23ClN2O2S. The van der Waals surface area contributed by atoms with E-state index in [1.165, 1.54) is 0 Å². The average Bonchev–Trinajstić information content (AvgIpc) is 2.68. The number of hydrogen-bond acceptors (Lipinski definition) is 4. The lowest BCUT2D eigenvalue weighted by Gasteiger charge is -2.26. The maximum Gasteiger partial charge on any atom is 0.129 e. The lowest BCUT2D eigenvalue weighted by molar-refractivity contribution is 0.0389. The van der Waals surface area contributed by atoms with Crippen molar-refractivity contribution in [1.29, 1.82) is 0 Å². The molecule has 1 aliphatic heterocycles. The minimum Gasteiger partial charge on any atom is -0.488 e. The second kappa shape index (κ2) is 9.88. The van der Waals surface area contributed by atoms with Gasteiger partial charge in [0.2, 0.25) is 0 Å². The van der Waals surface area contributed by atoms with Crippen LogP contribution in [0.4, 0.5) is 0 Å². The maximum atomic E-state index is 5.98. The second-order valence-electron chi connectivity index (χ2n) is 6.12. The number of hydrogen-bond donors (Lipinski definition) is 1. The molecule has 0 amide bonds. The van der Waals surface area contributed by atoms with Gasteiger partial charge in [-0.3, -0.25) is 4.90 Å². The van der Waals surface area contributed by atoms with E-state index < -0.39 is 0 Å². The highest BCUT2D eigenvalue weighted by Crippen LogP contribution is 2.20. The van der Waals surface area contributed by atoms with Crippen LogP contribution in [-0.2, 0) is 11.3 Å². The molecular weight excluding hydrogens is 368 g/mol. The predicted molar refractivity (Wildman–Crippen MR) is 109 cm³/mol. The molecule has 1 saturated heterocycles. The van der Waals surface area contributed by atoms with Crippen molar-refractivity contribution < 1.29 is 9.47 Å². The Bertz CT molecular complexity index is 718. The van der Waals surface area contributed by atoms with Gasteiger partial charge in [0.25, 0.3) is 0 Å². The first-order valence-corrected chi connectivity index (χ1v) is 9.55. The van der Waals surface area contributed by atoms with Gasteiger partial charge in [0.1, 0.15) is 17.3 Å². The van der Waals surface area contributed by atoms with Crippen LogP contribution in [0.2, 0.25) is 5.02 Å². The van der Waals surface area contributed by atoms with E-state index in [1.54, 1.807) is 0 Å². The van der Waals surface area contributed by atoms with Crippen LogP contribution in [0.1, 0.15) is 11.1 Å². The number of nitrogens with one attached hydrogen (secondary N) is 1. The average molecular weight is 391 g/mol. The van der Waals surface area contributed by atoms with E-state index in [2.05, 4.69) is 10.2 Å². The molecule has 1 fully saturated rings. The SMILES string of the molecule is S=C(NCCN1CCOCC1)c1ccccc1OCc1ccc(Cl)cc1. The highest BCUT2D eigenvalue weighted by Gasteiger charge is 2.12. The van der Waals surface area contributed by atoms with Crippen LogP contribution in [0.3, 0.4) is 0 Å². The van der Waals surface area contributed by atoms with Crippen molar-refractivity contribution in [1.82, 2.24) is 10.2 Å². The molecule has 0 aliphatic carbocycles. The smallest absolute Gasteiger partial charge is 0.129 e. The van der Waals surface area contributed by atoms with Crippen molar-refractivity contribution in [2.45, 2.75) is 6.61 Å². The monoisotopic (exact) mass is 390 g/mol. The Balaban J connectivity index is 1.53. The van der Waals surface area contributed by atoms with Crippen molar-refractivity contribution in [3.8, 4) is 5.75 Å². The van der Waals surface area contributed by atoms with E-state index in [1.807, 2.05) is 48.5 Å². The summed E-state index contributed by atoms with van der Waals surface area (Å²) in [6.45, 7) is 5.83. The molecule has 1 N–H and O–H groups in total. The van der Waals surface area contributed by atoms with Crippen molar-refractivity contribution in [3.05, 3.63) is 64.7 Å². The molecule has 2 aromatic rings. The fourth-order valence-corrected chi connectivity index (χ4v) is 3.17. The number of benzene rings is 2. The van der Waals surface area contributed by atoms with Crippen molar-refractivity contribution >= 4 is 28.8 Å². The number of rotatable bonds is 7. The van der Waals surface area contributed by atoms with Gasteiger partial charge in [0.15, 0.2) is 0 Å². The Labute approximate surface area is 165 Å². The number of ether oxygens (including phenoxy) is 2. The number of halogens is 1. The summed E-state index contributed by atoms with van der Waals surface area (Å²) in [5.74, 6) is 0.784. The summed E-state index contributed by atoms with van der Waals surface area (Å²) in [7, 11) is 0. The zero-order chi connectivity index (χ0) is 18.2. The number of nitrogens with zero attached hydrogens (tertiary/aromatic N) is 1. The number of para-hydroxylation sites is 1. The van der Waals surface area contributed by atoms with Crippen LogP contribution in [0, 0.1) is 0 Å². The molecule has 138 valence electrons. The summed E-state index contributed by atoms with van der Waals surface area (Å²) in [4.78, 5) is 3.09. The fourth-order valence-electron chi connectivity index (χ4n) is 2.77. The quantitative estimate of drug-likeness (QED) is 0.731. The summed E-state index contributed by atoms with van der Waals surface area (Å²) < 4.78 is 11.4. The summed E-state index contributed by atoms with van der Waals surface area (Å²) in [6.07, 6.45) is 0. The lowest BCUT2D eigenvalue weighted by atomic mass is 10.2. The molecule has 0 spiro atoms. The van der Waals surface area contributed by atoms with Gasteiger partial charge in [-0.15, -0.1) is 0 Å². The van der Waals surface area contributed by atoms with E-state index in [0.717, 1.165) is 61.3 Å². The molecule has 26 heavy (non-hydrogen) atoms. The first-order valence-electron chi connectivity index (χ1n) is 8.77. The third kappa shape index (κ3) is 5.68. The Hall–Kier alpha value is -1.66. The van der Waals surface area contributed by atoms with Gasteiger partial charge in [-0.25, -0.2) is 0 Å². The van der Waals surface area contributed by atoms with E-state index in [4.69, 9.17) is 33.3 Å². The largest absolute Gasteiger partial charge is 0.488 e. The molecule has 4 nitrogen and oxygen atoms in total. The third-order valence-electron chi connectivity index (χ3n) is 4.26. The van der Waals surface area contributed by atoms with Crippen LogP contribution in [0.25, 0.3) is 0 Å². The molecule has 2 aromatic carbocycles. The normalized spacial score (nSPS) is 14.8. The maximum absolute atomic E-state index is 5.98. The fraction of sp³-hybridized carbons (Fsp3) is 0.350. The number of thiocarbonyl (C=S) groups is 1. The molecule has 0 radical (unpaired) electrons. The molecule has 1 heterocycles. The lowest BCUT2D eigenvalue weighted by Crippen LogP contribution is -2.41. The van der Waals surface area contributed by atoms with Crippen LogP contribution in [0.5, 0.6) is 5.75 Å². The van der Waals surface area contributed by atoms with Crippen LogP contribution < -0.4 is 10.1 Å². The highest BCUT2D eigenvalue weighted by atomic mass is 35.5. The molecule has 1 aliphatic rings. The summed E-state index contributed by atoms with van der Waals surface area (Å²) in [5.41, 5.74) is 1.98. The van der Waals surface area contributed by atoms with Gasteiger partial charge in [-0.05, 0) is 29.8 Å². The zero-order valence-electron chi connectivity index (χ0n) is 14.6. The van der Waals surface area contributed by atoms with Gasteiger partial charge < -0.3 is 14.8 Å². The Morgan fingerprint density at radius 2 is 1.85 bits per heavy atom. The Kier molecular flexibility index (Phi) is 7.26. The first-order chi connectivity index (χ1) is 12.7. The Morgan fingerprint density at radius 1 is 1.12 bits per heavy atom. The molecule has 0 aromatic heterocycles. The molecule has 6 heteroatoms. The zero-order valence-corrected chi connectivity index (χ0v) is 16.2.